The molecular formula is C14H13N3O. The van der Waals surface area contributed by atoms with E-state index in [9.17, 15) is 4.79 Å². The van der Waals surface area contributed by atoms with Crippen molar-refractivity contribution in [1.29, 1.82) is 5.26 Å². The van der Waals surface area contributed by atoms with Crippen LogP contribution < -0.4 is 5.32 Å². The summed E-state index contributed by atoms with van der Waals surface area (Å²) in [5.41, 5.74) is 2.15. The molecule has 0 saturated heterocycles. The molecule has 0 bridgehead atoms. The fourth-order valence-electron chi connectivity index (χ4n) is 1.72. The highest BCUT2D eigenvalue weighted by molar-refractivity contribution is 5.92. The zero-order chi connectivity index (χ0) is 13.0. The normalized spacial score (nSPS) is 9.78. The summed E-state index contributed by atoms with van der Waals surface area (Å²) in [5, 5.41) is 11.5. The number of nitriles is 1. The second-order valence-electron chi connectivity index (χ2n) is 4.10. The lowest BCUT2D eigenvalue weighted by Crippen LogP contribution is -2.14. The van der Waals surface area contributed by atoms with E-state index in [1.165, 1.54) is 0 Å². The summed E-state index contributed by atoms with van der Waals surface area (Å²) in [6.45, 7) is 0. The number of rotatable bonds is 3. The van der Waals surface area contributed by atoms with Crippen LogP contribution in [0.2, 0.25) is 0 Å². The number of aryl methyl sites for hydroxylation is 1. The number of aromatic nitrogens is 1. The molecule has 1 N–H and O–H groups in total. The maximum absolute atomic E-state index is 11.8. The van der Waals surface area contributed by atoms with Gasteiger partial charge in [0.25, 0.3) is 0 Å². The number of carbonyl (C=O) groups excluding carboxylic acids is 1. The highest BCUT2D eigenvalue weighted by atomic mass is 16.1. The molecule has 2 rings (SSSR count). The molecule has 0 atom stereocenters. The van der Waals surface area contributed by atoms with E-state index < -0.39 is 0 Å². The van der Waals surface area contributed by atoms with Crippen molar-refractivity contribution in [2.45, 2.75) is 6.42 Å². The standard InChI is InChI=1S/C14H13N3O/c1-17-6-5-12(10-17)8-14(18)16-13-4-2-3-11(7-13)9-15/h2-7,10H,8H2,1H3,(H,16,18). The summed E-state index contributed by atoms with van der Waals surface area (Å²) >= 11 is 0. The van der Waals surface area contributed by atoms with Gasteiger partial charge in [-0.3, -0.25) is 4.79 Å². The van der Waals surface area contributed by atoms with Crippen molar-refractivity contribution in [3.63, 3.8) is 0 Å². The van der Waals surface area contributed by atoms with Crippen LogP contribution in [0, 0.1) is 11.3 Å². The Morgan fingerprint density at radius 2 is 2.28 bits per heavy atom. The summed E-state index contributed by atoms with van der Waals surface area (Å²) in [7, 11) is 1.91. The Hall–Kier alpha value is -2.54. The van der Waals surface area contributed by atoms with Gasteiger partial charge in [-0.25, -0.2) is 0 Å². The molecule has 4 nitrogen and oxygen atoms in total. The molecule has 2 aromatic rings. The van der Waals surface area contributed by atoms with E-state index in [1.54, 1.807) is 24.3 Å². The number of carbonyl (C=O) groups is 1. The van der Waals surface area contributed by atoms with Gasteiger partial charge in [0, 0.05) is 25.1 Å². The molecule has 0 radical (unpaired) electrons. The number of nitrogens with zero attached hydrogens (tertiary/aromatic N) is 2. The van der Waals surface area contributed by atoms with Crippen LogP contribution in [0.4, 0.5) is 5.69 Å². The van der Waals surface area contributed by atoms with Gasteiger partial charge in [0.2, 0.25) is 5.91 Å². The summed E-state index contributed by atoms with van der Waals surface area (Å²) in [5.74, 6) is -0.0868. The monoisotopic (exact) mass is 239 g/mol. The van der Waals surface area contributed by atoms with Gasteiger partial charge in [0.1, 0.15) is 0 Å². The first-order valence-electron chi connectivity index (χ1n) is 5.58. The maximum Gasteiger partial charge on any atom is 0.228 e. The van der Waals surface area contributed by atoms with Crippen molar-refractivity contribution in [3.8, 4) is 6.07 Å². The number of hydrogen-bond acceptors (Lipinski definition) is 2. The molecule has 0 spiro atoms. The smallest absolute Gasteiger partial charge is 0.228 e. The van der Waals surface area contributed by atoms with E-state index in [4.69, 9.17) is 5.26 Å². The van der Waals surface area contributed by atoms with Gasteiger partial charge in [-0.15, -0.1) is 0 Å². The Bertz CT molecular complexity index is 607. The van der Waals surface area contributed by atoms with Crippen molar-refractivity contribution >= 4 is 11.6 Å². The molecule has 1 aromatic heterocycles. The zero-order valence-corrected chi connectivity index (χ0v) is 10.1. The molecule has 18 heavy (non-hydrogen) atoms. The first-order chi connectivity index (χ1) is 8.67. The van der Waals surface area contributed by atoms with E-state index in [0.29, 0.717) is 17.7 Å². The van der Waals surface area contributed by atoms with E-state index in [1.807, 2.05) is 36.1 Å². The molecule has 0 unspecified atom stereocenters. The van der Waals surface area contributed by atoms with E-state index >= 15 is 0 Å². The third-order valence-electron chi connectivity index (χ3n) is 2.53. The van der Waals surface area contributed by atoms with Gasteiger partial charge in [-0.05, 0) is 29.8 Å². The third-order valence-corrected chi connectivity index (χ3v) is 2.53. The molecule has 0 aliphatic heterocycles. The molecular weight excluding hydrogens is 226 g/mol. The second kappa shape index (κ2) is 5.19. The van der Waals surface area contributed by atoms with Gasteiger partial charge in [0.15, 0.2) is 0 Å². The number of nitrogens with one attached hydrogen (secondary N) is 1. The highest BCUT2D eigenvalue weighted by Crippen LogP contribution is 2.10. The Morgan fingerprint density at radius 1 is 1.44 bits per heavy atom. The van der Waals surface area contributed by atoms with Gasteiger partial charge >= 0.3 is 0 Å². The summed E-state index contributed by atoms with van der Waals surface area (Å²) in [6.07, 6.45) is 4.14. The summed E-state index contributed by atoms with van der Waals surface area (Å²) in [4.78, 5) is 11.8. The van der Waals surface area contributed by atoms with Gasteiger partial charge < -0.3 is 9.88 Å². The predicted molar refractivity (Wildman–Crippen MR) is 68.9 cm³/mol. The van der Waals surface area contributed by atoms with Crippen molar-refractivity contribution in [2.75, 3.05) is 5.32 Å². The Balaban J connectivity index is 2.01. The van der Waals surface area contributed by atoms with Crippen LogP contribution in [0.15, 0.2) is 42.7 Å². The summed E-state index contributed by atoms with van der Waals surface area (Å²) in [6, 6.07) is 10.8. The molecule has 1 aromatic carbocycles. The Kier molecular flexibility index (Phi) is 3.44. The minimum absolute atomic E-state index is 0.0868. The molecule has 0 saturated carbocycles. The highest BCUT2D eigenvalue weighted by Gasteiger charge is 2.05. The fourth-order valence-corrected chi connectivity index (χ4v) is 1.72. The van der Waals surface area contributed by atoms with Gasteiger partial charge in [-0.2, -0.15) is 5.26 Å². The predicted octanol–water partition coefficient (Wildman–Crippen LogP) is 2.08. The second-order valence-corrected chi connectivity index (χ2v) is 4.10. The van der Waals surface area contributed by atoms with E-state index in [2.05, 4.69) is 5.32 Å². The average Bonchev–Trinajstić information content (AvgIpc) is 2.74. The molecule has 0 fully saturated rings. The third kappa shape index (κ3) is 2.98. The number of benzene rings is 1. The average molecular weight is 239 g/mol. The minimum Gasteiger partial charge on any atom is -0.357 e. The number of hydrogen-bond donors (Lipinski definition) is 1. The fraction of sp³-hybridized carbons (Fsp3) is 0.143. The number of anilines is 1. The van der Waals surface area contributed by atoms with E-state index in [-0.39, 0.29) is 5.91 Å². The first-order valence-corrected chi connectivity index (χ1v) is 5.58. The summed E-state index contributed by atoms with van der Waals surface area (Å²) < 4.78 is 1.90. The Morgan fingerprint density at radius 3 is 2.94 bits per heavy atom. The first kappa shape index (κ1) is 11.9. The van der Waals surface area contributed by atoms with Crippen LogP contribution in [0.1, 0.15) is 11.1 Å². The molecule has 4 heteroatoms. The van der Waals surface area contributed by atoms with Crippen molar-refractivity contribution in [3.05, 3.63) is 53.9 Å². The van der Waals surface area contributed by atoms with Crippen molar-refractivity contribution in [2.24, 2.45) is 7.05 Å². The lowest BCUT2D eigenvalue weighted by Gasteiger charge is -2.04. The van der Waals surface area contributed by atoms with Crippen LogP contribution in [0.25, 0.3) is 0 Å². The van der Waals surface area contributed by atoms with Crippen LogP contribution in [0.3, 0.4) is 0 Å². The van der Waals surface area contributed by atoms with Crippen molar-refractivity contribution < 1.29 is 4.79 Å². The zero-order valence-electron chi connectivity index (χ0n) is 10.1. The molecule has 90 valence electrons. The van der Waals surface area contributed by atoms with Gasteiger partial charge in [0.05, 0.1) is 18.1 Å². The largest absolute Gasteiger partial charge is 0.357 e. The molecule has 1 amide bonds. The lowest BCUT2D eigenvalue weighted by atomic mass is 10.2. The van der Waals surface area contributed by atoms with Crippen LogP contribution in [0.5, 0.6) is 0 Å². The van der Waals surface area contributed by atoms with Gasteiger partial charge in [-0.1, -0.05) is 6.07 Å². The van der Waals surface area contributed by atoms with Crippen molar-refractivity contribution in [1.82, 2.24) is 4.57 Å². The van der Waals surface area contributed by atoms with E-state index in [0.717, 1.165) is 5.56 Å². The minimum atomic E-state index is -0.0868. The SMILES string of the molecule is Cn1ccc(CC(=O)Nc2cccc(C#N)c2)c1. The van der Waals surface area contributed by atoms with Crippen LogP contribution >= 0.6 is 0 Å². The molecule has 0 aliphatic rings. The maximum atomic E-state index is 11.8. The van der Waals surface area contributed by atoms with Crippen LogP contribution in [-0.4, -0.2) is 10.5 Å². The Labute approximate surface area is 105 Å². The molecule has 0 aliphatic carbocycles. The lowest BCUT2D eigenvalue weighted by molar-refractivity contribution is -0.115. The topological polar surface area (TPSA) is 57.8 Å². The van der Waals surface area contributed by atoms with Crippen LogP contribution in [-0.2, 0) is 18.3 Å². The quantitative estimate of drug-likeness (QED) is 0.891. The number of amides is 1. The molecule has 1 heterocycles.